The van der Waals surface area contributed by atoms with E-state index in [0.29, 0.717) is 22.7 Å². The molecule has 0 radical (unpaired) electrons. The zero-order chi connectivity index (χ0) is 22.9. The van der Waals surface area contributed by atoms with E-state index in [1.54, 1.807) is 36.4 Å². The molecule has 1 N–H and O–H groups in total. The van der Waals surface area contributed by atoms with Gasteiger partial charge in [-0.2, -0.15) is 0 Å². The first-order valence-corrected chi connectivity index (χ1v) is 10.4. The fourth-order valence-corrected chi connectivity index (χ4v) is 3.17. The normalized spacial score (nSPS) is 11.3. The lowest BCUT2D eigenvalue weighted by Crippen LogP contribution is -2.26. The molecule has 0 heterocycles. The topological polar surface area (TPSA) is 73.9 Å². The first-order valence-electron chi connectivity index (χ1n) is 10.4. The fraction of sp³-hybridized carbons (Fsp3) is 0.231. The number of hydrogen-bond acceptors (Lipinski definition) is 5. The van der Waals surface area contributed by atoms with Crippen molar-refractivity contribution in [2.45, 2.75) is 26.4 Å². The molecule has 166 valence electrons. The van der Waals surface area contributed by atoms with Crippen molar-refractivity contribution in [2.75, 3.05) is 19.0 Å². The van der Waals surface area contributed by atoms with Crippen molar-refractivity contribution in [1.82, 2.24) is 0 Å². The van der Waals surface area contributed by atoms with Crippen LogP contribution in [0.15, 0.2) is 72.8 Å². The summed E-state index contributed by atoms with van der Waals surface area (Å²) in [5.74, 6) is 0.241. The number of para-hydroxylation sites is 1. The van der Waals surface area contributed by atoms with Gasteiger partial charge in [0.15, 0.2) is 0 Å². The van der Waals surface area contributed by atoms with E-state index < -0.39 is 18.0 Å². The Morgan fingerprint density at radius 2 is 1.62 bits per heavy atom. The number of esters is 1. The first-order chi connectivity index (χ1) is 15.5. The van der Waals surface area contributed by atoms with E-state index in [1.807, 2.05) is 50.2 Å². The van der Waals surface area contributed by atoms with E-state index in [0.717, 1.165) is 11.1 Å². The summed E-state index contributed by atoms with van der Waals surface area (Å²) in [6, 6.07) is 21.9. The molecule has 1 amide bonds. The highest BCUT2D eigenvalue weighted by atomic mass is 16.6. The number of ether oxygens (including phenoxy) is 3. The van der Waals surface area contributed by atoms with Gasteiger partial charge in [-0.3, -0.25) is 9.59 Å². The van der Waals surface area contributed by atoms with Gasteiger partial charge in [0, 0.05) is 5.56 Å². The van der Waals surface area contributed by atoms with Crippen LogP contribution in [0, 0.1) is 13.8 Å². The zero-order valence-electron chi connectivity index (χ0n) is 18.5. The number of benzene rings is 3. The van der Waals surface area contributed by atoms with E-state index in [1.165, 1.54) is 7.11 Å². The van der Waals surface area contributed by atoms with Gasteiger partial charge in [-0.25, -0.2) is 0 Å². The molecule has 1 atom stereocenters. The van der Waals surface area contributed by atoms with Crippen molar-refractivity contribution >= 4 is 17.6 Å². The molecule has 6 nitrogen and oxygen atoms in total. The van der Waals surface area contributed by atoms with Crippen LogP contribution in [0.1, 0.15) is 29.2 Å². The highest BCUT2D eigenvalue weighted by Gasteiger charge is 2.26. The summed E-state index contributed by atoms with van der Waals surface area (Å²) >= 11 is 0. The Kier molecular flexibility index (Phi) is 7.86. The largest absolute Gasteiger partial charge is 0.495 e. The molecule has 3 aromatic rings. The molecule has 0 saturated carbocycles. The summed E-state index contributed by atoms with van der Waals surface area (Å²) in [5, 5.41) is 2.82. The summed E-state index contributed by atoms with van der Waals surface area (Å²) in [7, 11) is 1.53. The number of rotatable bonds is 9. The Balaban J connectivity index is 1.69. The predicted molar refractivity (Wildman–Crippen MR) is 123 cm³/mol. The molecule has 3 aromatic carbocycles. The molecule has 0 bridgehead atoms. The van der Waals surface area contributed by atoms with Crippen molar-refractivity contribution < 1.29 is 23.8 Å². The third kappa shape index (κ3) is 6.11. The van der Waals surface area contributed by atoms with E-state index in [-0.39, 0.29) is 13.0 Å². The summed E-state index contributed by atoms with van der Waals surface area (Å²) in [5.41, 5.74) is 3.03. The van der Waals surface area contributed by atoms with E-state index >= 15 is 0 Å². The third-order valence-electron chi connectivity index (χ3n) is 4.86. The average molecular weight is 434 g/mol. The average Bonchev–Trinajstić information content (AvgIpc) is 2.79. The van der Waals surface area contributed by atoms with E-state index in [2.05, 4.69) is 5.32 Å². The van der Waals surface area contributed by atoms with Crippen molar-refractivity contribution in [1.29, 1.82) is 0 Å². The minimum Gasteiger partial charge on any atom is -0.495 e. The van der Waals surface area contributed by atoms with Gasteiger partial charge in [-0.15, -0.1) is 0 Å². The van der Waals surface area contributed by atoms with Gasteiger partial charge in [0.1, 0.15) is 11.5 Å². The number of methoxy groups -OCH3 is 1. The standard InChI is InChI=1S/C26H27NO5/c1-18-13-14-23(30-3)21(17-18)27-26(29)25(20-10-5-4-6-11-20)32-24(28)15-16-31-22-12-8-7-9-19(22)2/h4-14,17,25H,15-16H2,1-3H3,(H,27,29). The van der Waals surface area contributed by atoms with E-state index in [9.17, 15) is 9.59 Å². The van der Waals surface area contributed by atoms with Crippen LogP contribution < -0.4 is 14.8 Å². The fourth-order valence-electron chi connectivity index (χ4n) is 3.17. The molecule has 0 fully saturated rings. The maximum absolute atomic E-state index is 13.1. The van der Waals surface area contributed by atoms with Gasteiger partial charge >= 0.3 is 5.97 Å². The van der Waals surface area contributed by atoms with Gasteiger partial charge in [-0.1, -0.05) is 54.6 Å². The molecule has 0 aliphatic heterocycles. The minimum absolute atomic E-state index is 0.0126. The van der Waals surface area contributed by atoms with Gasteiger partial charge in [0.25, 0.3) is 5.91 Å². The SMILES string of the molecule is COc1ccc(C)cc1NC(=O)C(OC(=O)CCOc1ccccc1C)c1ccccc1. The second kappa shape index (κ2) is 11.0. The Hall–Kier alpha value is -3.80. The van der Waals surface area contributed by atoms with Crippen LogP contribution in [0.25, 0.3) is 0 Å². The van der Waals surface area contributed by atoms with Crippen molar-refractivity contribution in [3.63, 3.8) is 0 Å². The Morgan fingerprint density at radius 1 is 0.906 bits per heavy atom. The number of hydrogen-bond donors (Lipinski definition) is 1. The van der Waals surface area contributed by atoms with Crippen LogP contribution >= 0.6 is 0 Å². The Labute approximate surface area is 188 Å². The number of aryl methyl sites for hydroxylation is 2. The molecule has 0 saturated heterocycles. The molecule has 6 heteroatoms. The Bertz CT molecular complexity index is 1060. The van der Waals surface area contributed by atoms with Crippen LogP contribution in [0.4, 0.5) is 5.69 Å². The van der Waals surface area contributed by atoms with Crippen LogP contribution in [-0.4, -0.2) is 25.6 Å². The second-order valence-corrected chi connectivity index (χ2v) is 7.34. The van der Waals surface area contributed by atoms with Gasteiger partial charge in [0.2, 0.25) is 6.10 Å². The Morgan fingerprint density at radius 3 is 2.34 bits per heavy atom. The summed E-state index contributed by atoms with van der Waals surface area (Å²) in [6.45, 7) is 4.00. The smallest absolute Gasteiger partial charge is 0.310 e. The van der Waals surface area contributed by atoms with Crippen LogP contribution in [-0.2, 0) is 14.3 Å². The molecule has 0 aliphatic carbocycles. The molecule has 1 unspecified atom stereocenters. The lowest BCUT2D eigenvalue weighted by molar-refractivity contribution is -0.155. The monoisotopic (exact) mass is 433 g/mol. The summed E-state index contributed by atoms with van der Waals surface area (Å²) < 4.78 is 16.6. The van der Waals surface area contributed by atoms with Crippen LogP contribution in [0.5, 0.6) is 11.5 Å². The maximum atomic E-state index is 13.1. The van der Waals surface area contributed by atoms with Crippen molar-refractivity contribution in [3.8, 4) is 11.5 Å². The zero-order valence-corrected chi connectivity index (χ0v) is 18.5. The van der Waals surface area contributed by atoms with Crippen LogP contribution in [0.3, 0.4) is 0 Å². The highest BCUT2D eigenvalue weighted by Crippen LogP contribution is 2.28. The lowest BCUT2D eigenvalue weighted by atomic mass is 10.1. The predicted octanol–water partition coefficient (Wildman–Crippen LogP) is 5.00. The lowest BCUT2D eigenvalue weighted by Gasteiger charge is -2.19. The number of carbonyl (C=O) groups is 2. The number of amides is 1. The molecular weight excluding hydrogens is 406 g/mol. The molecule has 0 aromatic heterocycles. The van der Waals surface area contributed by atoms with Gasteiger partial charge in [-0.05, 0) is 43.2 Å². The quantitative estimate of drug-likeness (QED) is 0.481. The highest BCUT2D eigenvalue weighted by molar-refractivity contribution is 5.97. The number of carbonyl (C=O) groups excluding carboxylic acids is 2. The minimum atomic E-state index is -1.10. The van der Waals surface area contributed by atoms with Crippen molar-refractivity contribution in [2.24, 2.45) is 0 Å². The second-order valence-electron chi connectivity index (χ2n) is 7.34. The van der Waals surface area contributed by atoms with Crippen LogP contribution in [0.2, 0.25) is 0 Å². The van der Waals surface area contributed by atoms with Crippen molar-refractivity contribution in [3.05, 3.63) is 89.5 Å². The summed E-state index contributed by atoms with van der Waals surface area (Å²) in [6.07, 6.45) is -1.09. The first kappa shape index (κ1) is 22.9. The van der Waals surface area contributed by atoms with Gasteiger partial charge in [0.05, 0.1) is 25.8 Å². The molecule has 3 rings (SSSR count). The van der Waals surface area contributed by atoms with Gasteiger partial charge < -0.3 is 19.5 Å². The third-order valence-corrected chi connectivity index (χ3v) is 4.86. The molecular formula is C26H27NO5. The molecule has 32 heavy (non-hydrogen) atoms. The number of anilines is 1. The summed E-state index contributed by atoms with van der Waals surface area (Å²) in [4.78, 5) is 25.6. The molecule has 0 aliphatic rings. The number of nitrogens with one attached hydrogen (secondary N) is 1. The molecule has 0 spiro atoms. The van der Waals surface area contributed by atoms with E-state index in [4.69, 9.17) is 14.2 Å². The maximum Gasteiger partial charge on any atom is 0.310 e.